The number of hydrogen-bond acceptors (Lipinski definition) is 3. The largest absolute Gasteiger partial charge is 0.355 e. The number of urea groups is 1. The molecule has 3 amide bonds. The van der Waals surface area contributed by atoms with Gasteiger partial charge in [-0.1, -0.05) is 60.7 Å². The number of anilines is 2. The molecule has 1 aliphatic heterocycles. The Morgan fingerprint density at radius 2 is 1.59 bits per heavy atom. The van der Waals surface area contributed by atoms with Gasteiger partial charge in [0.2, 0.25) is 5.91 Å². The highest BCUT2D eigenvalue weighted by molar-refractivity contribution is 6.00. The minimum atomic E-state index is -0.259. The monoisotopic (exact) mass is 428 g/mol. The third-order valence-electron chi connectivity index (χ3n) is 5.57. The molecular formula is C26H28N4O2. The summed E-state index contributed by atoms with van der Waals surface area (Å²) in [5, 5.41) is 8.84. The Kier molecular flexibility index (Phi) is 7.15. The van der Waals surface area contributed by atoms with E-state index in [9.17, 15) is 9.59 Å². The molecule has 164 valence electrons. The van der Waals surface area contributed by atoms with E-state index in [0.717, 1.165) is 41.9 Å². The van der Waals surface area contributed by atoms with Gasteiger partial charge in [-0.15, -0.1) is 0 Å². The first-order valence-electron chi connectivity index (χ1n) is 10.9. The zero-order valence-electron chi connectivity index (χ0n) is 18.0. The van der Waals surface area contributed by atoms with Crippen molar-refractivity contribution < 1.29 is 9.59 Å². The lowest BCUT2D eigenvalue weighted by molar-refractivity contribution is -0.122. The molecule has 1 heterocycles. The standard InChI is InChI=1S/C26H28N4O2/c31-25(27-16-14-20-8-3-1-4-9-20)19-30-17-15-23-21(18-30)10-7-13-24(23)29-26(32)28-22-11-5-2-6-12-22/h1-13H,14-19H2,(H,27,31)(H2,28,29,32). The maximum absolute atomic E-state index is 12.4. The van der Waals surface area contributed by atoms with Crippen LogP contribution in [0.25, 0.3) is 0 Å². The van der Waals surface area contributed by atoms with Gasteiger partial charge in [-0.25, -0.2) is 4.79 Å². The molecule has 1 aliphatic rings. The van der Waals surface area contributed by atoms with E-state index in [2.05, 4.69) is 39.0 Å². The Balaban J connectivity index is 1.28. The van der Waals surface area contributed by atoms with Crippen molar-refractivity contribution >= 4 is 23.3 Å². The molecule has 3 aromatic carbocycles. The average molecular weight is 429 g/mol. The van der Waals surface area contributed by atoms with Crippen LogP contribution in [0.2, 0.25) is 0 Å². The van der Waals surface area contributed by atoms with E-state index in [4.69, 9.17) is 0 Å². The summed E-state index contributed by atoms with van der Waals surface area (Å²) in [5.74, 6) is 0.0425. The Morgan fingerprint density at radius 1 is 0.844 bits per heavy atom. The molecule has 4 rings (SSSR count). The smallest absolute Gasteiger partial charge is 0.323 e. The van der Waals surface area contributed by atoms with Crippen molar-refractivity contribution in [2.75, 3.05) is 30.3 Å². The number of rotatable bonds is 7. The molecule has 0 fully saturated rings. The quantitative estimate of drug-likeness (QED) is 0.532. The van der Waals surface area contributed by atoms with E-state index in [0.29, 0.717) is 19.6 Å². The van der Waals surface area contributed by atoms with Crippen LogP contribution in [0.3, 0.4) is 0 Å². The molecular weight excluding hydrogens is 400 g/mol. The number of fused-ring (bicyclic) bond motifs is 1. The zero-order valence-corrected chi connectivity index (χ0v) is 18.0. The van der Waals surface area contributed by atoms with Crippen molar-refractivity contribution in [2.45, 2.75) is 19.4 Å². The number of nitrogens with zero attached hydrogens (tertiary/aromatic N) is 1. The van der Waals surface area contributed by atoms with Gasteiger partial charge in [-0.05, 0) is 47.7 Å². The SMILES string of the molecule is O=C(CN1CCc2c(cccc2NC(=O)Nc2ccccc2)C1)NCCc1ccccc1. The van der Waals surface area contributed by atoms with E-state index in [-0.39, 0.29) is 11.9 Å². The average Bonchev–Trinajstić information content (AvgIpc) is 2.80. The first-order valence-corrected chi connectivity index (χ1v) is 10.9. The molecule has 6 heteroatoms. The minimum absolute atomic E-state index is 0.0425. The third-order valence-corrected chi connectivity index (χ3v) is 5.57. The fraction of sp³-hybridized carbons (Fsp3) is 0.231. The fourth-order valence-corrected chi connectivity index (χ4v) is 3.98. The molecule has 32 heavy (non-hydrogen) atoms. The highest BCUT2D eigenvalue weighted by Gasteiger charge is 2.21. The van der Waals surface area contributed by atoms with Crippen molar-refractivity contribution in [2.24, 2.45) is 0 Å². The van der Waals surface area contributed by atoms with Crippen molar-refractivity contribution in [3.63, 3.8) is 0 Å². The predicted molar refractivity (Wildman–Crippen MR) is 128 cm³/mol. The highest BCUT2D eigenvalue weighted by atomic mass is 16.2. The first kappa shape index (κ1) is 21.6. The van der Waals surface area contributed by atoms with E-state index in [1.807, 2.05) is 60.7 Å². The molecule has 0 aromatic heterocycles. The van der Waals surface area contributed by atoms with Crippen LogP contribution in [0, 0.1) is 0 Å². The van der Waals surface area contributed by atoms with Crippen molar-refractivity contribution in [3.05, 3.63) is 95.6 Å². The summed E-state index contributed by atoms with van der Waals surface area (Å²) in [6.07, 6.45) is 1.61. The van der Waals surface area contributed by atoms with Gasteiger partial charge >= 0.3 is 6.03 Å². The number of carbonyl (C=O) groups excluding carboxylic acids is 2. The van der Waals surface area contributed by atoms with E-state index >= 15 is 0 Å². The Hall–Kier alpha value is -3.64. The topological polar surface area (TPSA) is 73.5 Å². The molecule has 0 unspecified atom stereocenters. The number of nitrogens with one attached hydrogen (secondary N) is 3. The third kappa shape index (κ3) is 5.95. The summed E-state index contributed by atoms with van der Waals surface area (Å²) >= 11 is 0. The molecule has 0 spiro atoms. The lowest BCUT2D eigenvalue weighted by atomic mass is 9.97. The van der Waals surface area contributed by atoms with Gasteiger partial charge in [0.25, 0.3) is 0 Å². The Labute approximate surface area is 188 Å². The lowest BCUT2D eigenvalue weighted by Gasteiger charge is -2.29. The van der Waals surface area contributed by atoms with Crippen LogP contribution < -0.4 is 16.0 Å². The molecule has 0 saturated heterocycles. The van der Waals surface area contributed by atoms with Crippen LogP contribution in [0.15, 0.2) is 78.9 Å². The number of amides is 3. The summed E-state index contributed by atoms with van der Waals surface area (Å²) in [6, 6.07) is 25.2. The molecule has 0 aliphatic carbocycles. The van der Waals surface area contributed by atoms with Gasteiger partial charge in [0, 0.05) is 31.0 Å². The van der Waals surface area contributed by atoms with Crippen molar-refractivity contribution in [1.82, 2.24) is 10.2 Å². The van der Waals surface area contributed by atoms with Crippen LogP contribution in [-0.2, 0) is 24.2 Å². The van der Waals surface area contributed by atoms with Crippen LogP contribution >= 0.6 is 0 Å². The van der Waals surface area contributed by atoms with Crippen LogP contribution in [0.1, 0.15) is 16.7 Å². The molecule has 6 nitrogen and oxygen atoms in total. The second kappa shape index (κ2) is 10.6. The van der Waals surface area contributed by atoms with Gasteiger partial charge in [0.15, 0.2) is 0 Å². The predicted octanol–water partition coefficient (Wildman–Crippen LogP) is 4.05. The zero-order chi connectivity index (χ0) is 22.2. The lowest BCUT2D eigenvalue weighted by Crippen LogP contribution is -2.40. The van der Waals surface area contributed by atoms with E-state index in [1.165, 1.54) is 5.56 Å². The van der Waals surface area contributed by atoms with Crippen molar-refractivity contribution in [1.29, 1.82) is 0 Å². The normalized spacial score (nSPS) is 13.1. The van der Waals surface area contributed by atoms with Gasteiger partial charge in [-0.2, -0.15) is 0 Å². The summed E-state index contributed by atoms with van der Waals surface area (Å²) in [7, 11) is 0. The van der Waals surface area contributed by atoms with Gasteiger partial charge < -0.3 is 16.0 Å². The Morgan fingerprint density at radius 3 is 2.38 bits per heavy atom. The van der Waals surface area contributed by atoms with E-state index < -0.39 is 0 Å². The summed E-state index contributed by atoms with van der Waals surface area (Å²) in [6.45, 7) is 2.48. The molecule has 3 N–H and O–H groups in total. The first-order chi connectivity index (χ1) is 15.7. The number of para-hydroxylation sites is 1. The summed E-state index contributed by atoms with van der Waals surface area (Å²) < 4.78 is 0. The Bertz CT molecular complexity index is 1050. The second-order valence-electron chi connectivity index (χ2n) is 7.93. The summed E-state index contributed by atoms with van der Waals surface area (Å²) in [4.78, 5) is 26.9. The number of carbonyl (C=O) groups is 2. The maximum atomic E-state index is 12.4. The number of benzene rings is 3. The molecule has 0 saturated carbocycles. The summed E-state index contributed by atoms with van der Waals surface area (Å²) in [5.41, 5.74) is 5.07. The highest BCUT2D eigenvalue weighted by Crippen LogP contribution is 2.26. The fourth-order valence-electron chi connectivity index (χ4n) is 3.98. The van der Waals surface area contributed by atoms with Crippen LogP contribution in [0.5, 0.6) is 0 Å². The van der Waals surface area contributed by atoms with Crippen LogP contribution in [-0.4, -0.2) is 36.5 Å². The number of hydrogen-bond donors (Lipinski definition) is 3. The molecule has 0 atom stereocenters. The molecule has 3 aromatic rings. The molecule has 0 radical (unpaired) electrons. The second-order valence-corrected chi connectivity index (χ2v) is 7.93. The van der Waals surface area contributed by atoms with Gasteiger partial charge in [-0.3, -0.25) is 9.69 Å². The van der Waals surface area contributed by atoms with Gasteiger partial charge in [0.05, 0.1) is 6.54 Å². The molecule has 0 bridgehead atoms. The van der Waals surface area contributed by atoms with Crippen LogP contribution in [0.4, 0.5) is 16.2 Å². The van der Waals surface area contributed by atoms with E-state index in [1.54, 1.807) is 0 Å². The minimum Gasteiger partial charge on any atom is -0.355 e. The van der Waals surface area contributed by atoms with Crippen molar-refractivity contribution in [3.8, 4) is 0 Å². The maximum Gasteiger partial charge on any atom is 0.323 e. The van der Waals surface area contributed by atoms with Gasteiger partial charge in [0.1, 0.15) is 0 Å².